The van der Waals surface area contributed by atoms with Gasteiger partial charge in [-0.2, -0.15) is 0 Å². The van der Waals surface area contributed by atoms with Crippen molar-refractivity contribution in [1.82, 2.24) is 9.38 Å². The molecule has 0 N–H and O–H groups in total. The lowest BCUT2D eigenvalue weighted by Crippen LogP contribution is -1.82. The normalized spacial score (nSPS) is 9.95. The Morgan fingerprint density at radius 3 is 2.68 bits per heavy atom. The van der Waals surface area contributed by atoms with Crippen LogP contribution in [0.15, 0.2) is 55.0 Å². The van der Waals surface area contributed by atoms with Gasteiger partial charge in [-0.25, -0.2) is 4.98 Å². The van der Waals surface area contributed by atoms with Gasteiger partial charge in [0.1, 0.15) is 17.8 Å². The molecule has 0 aliphatic rings. The first-order valence-corrected chi connectivity index (χ1v) is 5.94. The first-order valence-electron chi connectivity index (χ1n) is 5.94. The van der Waals surface area contributed by atoms with Gasteiger partial charge in [0, 0.05) is 11.8 Å². The zero-order valence-electron chi connectivity index (χ0n) is 10.5. The van der Waals surface area contributed by atoms with E-state index in [0.717, 1.165) is 22.5 Å². The van der Waals surface area contributed by atoms with Crippen LogP contribution in [-0.4, -0.2) is 16.5 Å². The van der Waals surface area contributed by atoms with Crippen molar-refractivity contribution >= 4 is 5.52 Å². The maximum Gasteiger partial charge on any atom is 0.139 e. The van der Waals surface area contributed by atoms with Gasteiger partial charge in [-0.15, -0.1) is 0 Å². The van der Waals surface area contributed by atoms with Crippen molar-refractivity contribution in [2.24, 2.45) is 0 Å². The second-order valence-corrected chi connectivity index (χ2v) is 4.06. The number of pyridine rings is 1. The lowest BCUT2D eigenvalue weighted by molar-refractivity contribution is 0.415. The fraction of sp³-hybridized carbons (Fsp3) is 0.0625. The van der Waals surface area contributed by atoms with Crippen LogP contribution in [0.5, 0.6) is 5.75 Å². The molecule has 3 nitrogen and oxygen atoms in total. The zero-order valence-corrected chi connectivity index (χ0v) is 10.5. The van der Waals surface area contributed by atoms with Crippen LogP contribution >= 0.6 is 0 Å². The van der Waals surface area contributed by atoms with Gasteiger partial charge in [-0.05, 0) is 42.3 Å². The van der Waals surface area contributed by atoms with Crippen LogP contribution in [0.1, 0.15) is 11.3 Å². The Bertz CT molecular complexity index is 761. The minimum atomic E-state index is 0.788. The molecule has 0 aliphatic heterocycles. The molecule has 0 aliphatic carbocycles. The van der Waals surface area contributed by atoms with Crippen LogP contribution in [-0.2, 0) is 0 Å². The second kappa shape index (κ2) is 4.87. The lowest BCUT2D eigenvalue weighted by atomic mass is 10.2. The van der Waals surface area contributed by atoms with Crippen molar-refractivity contribution in [1.29, 1.82) is 0 Å². The highest BCUT2D eigenvalue weighted by molar-refractivity contribution is 5.60. The van der Waals surface area contributed by atoms with E-state index in [-0.39, 0.29) is 0 Å². The van der Waals surface area contributed by atoms with Gasteiger partial charge < -0.3 is 9.14 Å². The molecule has 0 radical (unpaired) electrons. The number of ether oxygens (including phenoxy) is 1. The average molecular weight is 248 g/mol. The number of hydrogen-bond donors (Lipinski definition) is 0. The number of nitrogens with zero attached hydrogens (tertiary/aromatic N) is 2. The van der Waals surface area contributed by atoms with Gasteiger partial charge in [0.15, 0.2) is 0 Å². The van der Waals surface area contributed by atoms with E-state index in [1.54, 1.807) is 13.4 Å². The van der Waals surface area contributed by atoms with Crippen molar-refractivity contribution in [3.05, 3.63) is 66.2 Å². The van der Waals surface area contributed by atoms with Crippen molar-refractivity contribution in [3.63, 3.8) is 0 Å². The monoisotopic (exact) mass is 248 g/mol. The molecule has 0 saturated carbocycles. The maximum absolute atomic E-state index is 5.11. The van der Waals surface area contributed by atoms with E-state index in [4.69, 9.17) is 4.74 Å². The van der Waals surface area contributed by atoms with Gasteiger partial charge in [0.25, 0.3) is 0 Å². The van der Waals surface area contributed by atoms with E-state index in [0.29, 0.717) is 0 Å². The van der Waals surface area contributed by atoms with E-state index in [1.807, 2.05) is 53.1 Å². The topological polar surface area (TPSA) is 26.5 Å². The Morgan fingerprint density at radius 2 is 1.89 bits per heavy atom. The number of hydrogen-bond acceptors (Lipinski definition) is 2. The lowest BCUT2D eigenvalue weighted by Gasteiger charge is -1.97. The third-order valence-corrected chi connectivity index (χ3v) is 2.86. The minimum absolute atomic E-state index is 0.788. The first-order chi connectivity index (χ1) is 9.36. The number of imidazole rings is 1. The van der Waals surface area contributed by atoms with Crippen LogP contribution in [0.2, 0.25) is 0 Å². The van der Waals surface area contributed by atoms with Crippen LogP contribution in [0.3, 0.4) is 0 Å². The van der Waals surface area contributed by atoms with E-state index >= 15 is 0 Å². The summed E-state index contributed by atoms with van der Waals surface area (Å²) in [6, 6.07) is 13.6. The van der Waals surface area contributed by atoms with Crippen LogP contribution in [0.25, 0.3) is 5.52 Å². The van der Waals surface area contributed by atoms with Gasteiger partial charge in [0.05, 0.1) is 12.6 Å². The zero-order chi connectivity index (χ0) is 13.1. The highest BCUT2D eigenvalue weighted by atomic mass is 16.5. The molecule has 0 unspecified atom stereocenters. The van der Waals surface area contributed by atoms with Crippen molar-refractivity contribution in [3.8, 4) is 17.6 Å². The summed E-state index contributed by atoms with van der Waals surface area (Å²) in [7, 11) is 1.65. The highest BCUT2D eigenvalue weighted by Gasteiger charge is 1.99. The van der Waals surface area contributed by atoms with Crippen molar-refractivity contribution < 1.29 is 4.74 Å². The maximum atomic E-state index is 5.11. The Kier molecular flexibility index (Phi) is 2.91. The van der Waals surface area contributed by atoms with E-state index in [1.165, 1.54) is 0 Å². The molecule has 0 spiro atoms. The Labute approximate surface area is 111 Å². The minimum Gasteiger partial charge on any atom is -0.497 e. The molecule has 1 aromatic carbocycles. The number of aromatic nitrogens is 2. The number of fused-ring (bicyclic) bond motifs is 1. The molecular formula is C16H12N2O. The molecule has 0 saturated heterocycles. The average Bonchev–Trinajstić information content (AvgIpc) is 2.89. The summed E-state index contributed by atoms with van der Waals surface area (Å²) in [6.07, 6.45) is 3.73. The standard InChI is InChI=1S/C16H12N2O/c1-19-14-8-5-13(6-9-14)7-10-15-16-4-2-3-11-18(16)12-17-15/h2-6,8-9,11-12H,1H3. The SMILES string of the molecule is COc1ccc(C#Cc2ncn3ccccc23)cc1. The summed E-state index contributed by atoms with van der Waals surface area (Å²) in [4.78, 5) is 4.31. The van der Waals surface area contributed by atoms with Crippen LogP contribution < -0.4 is 4.74 Å². The summed E-state index contributed by atoms with van der Waals surface area (Å²) in [5, 5.41) is 0. The largest absolute Gasteiger partial charge is 0.497 e. The summed E-state index contributed by atoms with van der Waals surface area (Å²) < 4.78 is 7.07. The van der Waals surface area contributed by atoms with E-state index in [2.05, 4.69) is 16.8 Å². The van der Waals surface area contributed by atoms with Gasteiger partial charge in [-0.3, -0.25) is 0 Å². The first kappa shape index (κ1) is 11.4. The predicted octanol–water partition coefficient (Wildman–Crippen LogP) is 2.74. The van der Waals surface area contributed by atoms with Gasteiger partial charge >= 0.3 is 0 Å². The molecule has 3 heteroatoms. The Morgan fingerprint density at radius 1 is 1.05 bits per heavy atom. The van der Waals surface area contributed by atoms with Crippen molar-refractivity contribution in [2.75, 3.05) is 7.11 Å². The smallest absolute Gasteiger partial charge is 0.139 e. The molecule has 0 atom stereocenters. The molecule has 2 aromatic heterocycles. The molecule has 3 rings (SSSR count). The number of methoxy groups -OCH3 is 1. The Balaban J connectivity index is 1.94. The third kappa shape index (κ3) is 2.29. The molecule has 3 aromatic rings. The molecular weight excluding hydrogens is 236 g/mol. The molecule has 19 heavy (non-hydrogen) atoms. The van der Waals surface area contributed by atoms with Crippen LogP contribution in [0.4, 0.5) is 0 Å². The van der Waals surface area contributed by atoms with Crippen molar-refractivity contribution in [2.45, 2.75) is 0 Å². The summed E-state index contributed by atoms with van der Waals surface area (Å²) in [5.74, 6) is 7.04. The third-order valence-electron chi connectivity index (χ3n) is 2.86. The number of rotatable bonds is 1. The Hall–Kier alpha value is -2.73. The van der Waals surface area contributed by atoms with Gasteiger partial charge in [-0.1, -0.05) is 12.0 Å². The quantitative estimate of drug-likeness (QED) is 0.619. The molecule has 0 bridgehead atoms. The predicted molar refractivity (Wildman–Crippen MR) is 74.2 cm³/mol. The second-order valence-electron chi connectivity index (χ2n) is 4.06. The molecule has 0 fully saturated rings. The fourth-order valence-electron chi connectivity index (χ4n) is 1.85. The van der Waals surface area contributed by atoms with Gasteiger partial charge in [0.2, 0.25) is 0 Å². The highest BCUT2D eigenvalue weighted by Crippen LogP contribution is 2.11. The number of benzene rings is 1. The molecule has 2 heterocycles. The van der Waals surface area contributed by atoms with E-state index in [9.17, 15) is 0 Å². The molecule has 0 amide bonds. The summed E-state index contributed by atoms with van der Waals surface area (Å²) in [5.41, 5.74) is 2.75. The summed E-state index contributed by atoms with van der Waals surface area (Å²) >= 11 is 0. The fourth-order valence-corrected chi connectivity index (χ4v) is 1.85. The molecule has 92 valence electrons. The van der Waals surface area contributed by atoms with Crippen LogP contribution in [0, 0.1) is 11.8 Å². The summed E-state index contributed by atoms with van der Waals surface area (Å²) in [6.45, 7) is 0. The van der Waals surface area contributed by atoms with E-state index < -0.39 is 0 Å².